The van der Waals surface area contributed by atoms with Gasteiger partial charge in [0, 0.05) is 62.2 Å². The van der Waals surface area contributed by atoms with E-state index in [1.807, 2.05) is 27.0 Å². The minimum Gasteiger partial charge on any atom is -0.444 e. The van der Waals surface area contributed by atoms with Crippen LogP contribution in [-0.4, -0.2) is 62.2 Å². The predicted octanol–water partition coefficient (Wildman–Crippen LogP) is 5.65. The third kappa shape index (κ3) is 5.64. The molecule has 8 heteroatoms. The van der Waals surface area contributed by atoms with Crippen molar-refractivity contribution in [1.82, 2.24) is 24.3 Å². The maximum absolute atomic E-state index is 12.3. The van der Waals surface area contributed by atoms with E-state index in [2.05, 4.69) is 57.2 Å². The first kappa shape index (κ1) is 24.6. The lowest BCUT2D eigenvalue weighted by Gasteiger charge is -2.35. The van der Waals surface area contributed by atoms with Crippen LogP contribution in [0.2, 0.25) is 0 Å². The Bertz CT molecular complexity index is 1200. The third-order valence-electron chi connectivity index (χ3n) is 7.13. The van der Waals surface area contributed by atoms with E-state index in [0.717, 1.165) is 36.4 Å². The first-order valence-electron chi connectivity index (χ1n) is 13.2. The van der Waals surface area contributed by atoms with Crippen LogP contribution in [0.3, 0.4) is 0 Å². The standard InChI is InChI=1S/C28H38N6O2/c1-20-18-34(23-7-5-6-8-23)25-24(20)17-29-26(31-25)30-22-11-9-21(10-12-22)19-32-13-15-33(16-14-32)27(35)36-28(2,3)4/h9-12,17-18,23H,5-8,13-16,19H2,1-4H3,(H,29,30,31). The van der Waals surface area contributed by atoms with Gasteiger partial charge in [-0.3, -0.25) is 4.90 Å². The molecule has 1 saturated heterocycles. The molecule has 1 saturated carbocycles. The summed E-state index contributed by atoms with van der Waals surface area (Å²) in [7, 11) is 0. The highest BCUT2D eigenvalue weighted by Crippen LogP contribution is 2.33. The summed E-state index contributed by atoms with van der Waals surface area (Å²) in [4.78, 5) is 25.9. The Labute approximate surface area is 213 Å². The molecule has 3 aromatic rings. The lowest BCUT2D eigenvalue weighted by Crippen LogP contribution is -2.49. The van der Waals surface area contributed by atoms with Crippen LogP contribution in [0.1, 0.15) is 63.6 Å². The second-order valence-electron chi connectivity index (χ2n) is 11.2. The molecule has 1 amide bonds. The number of anilines is 2. The van der Waals surface area contributed by atoms with Gasteiger partial charge in [0.1, 0.15) is 11.2 Å². The molecule has 0 unspecified atom stereocenters. The summed E-state index contributed by atoms with van der Waals surface area (Å²) < 4.78 is 7.86. The molecule has 5 rings (SSSR count). The summed E-state index contributed by atoms with van der Waals surface area (Å²) in [5, 5.41) is 4.52. The molecular formula is C28H38N6O2. The molecule has 3 heterocycles. The zero-order chi connectivity index (χ0) is 25.3. The summed E-state index contributed by atoms with van der Waals surface area (Å²) in [6.45, 7) is 11.8. The molecule has 0 spiro atoms. The van der Waals surface area contributed by atoms with Gasteiger partial charge in [-0.15, -0.1) is 0 Å². The molecule has 1 aromatic carbocycles. The number of aromatic nitrogens is 3. The van der Waals surface area contributed by atoms with Gasteiger partial charge in [0.05, 0.1) is 0 Å². The number of fused-ring (bicyclic) bond motifs is 1. The fourth-order valence-electron chi connectivity index (χ4n) is 5.20. The molecule has 8 nitrogen and oxygen atoms in total. The van der Waals surface area contributed by atoms with Crippen LogP contribution in [0.4, 0.5) is 16.4 Å². The highest BCUT2D eigenvalue weighted by Gasteiger charge is 2.26. The molecular weight excluding hydrogens is 452 g/mol. The van der Waals surface area contributed by atoms with Gasteiger partial charge in [0.2, 0.25) is 5.95 Å². The van der Waals surface area contributed by atoms with Gasteiger partial charge in [0.15, 0.2) is 0 Å². The van der Waals surface area contributed by atoms with E-state index in [1.54, 1.807) is 4.90 Å². The van der Waals surface area contributed by atoms with Crippen molar-refractivity contribution in [2.45, 2.75) is 71.6 Å². The van der Waals surface area contributed by atoms with E-state index in [1.165, 1.54) is 36.8 Å². The van der Waals surface area contributed by atoms with E-state index in [-0.39, 0.29) is 6.09 Å². The van der Waals surface area contributed by atoms with Crippen LogP contribution in [0.15, 0.2) is 36.7 Å². The minimum atomic E-state index is -0.458. The number of aryl methyl sites for hydroxylation is 1. The van der Waals surface area contributed by atoms with Gasteiger partial charge in [-0.25, -0.2) is 9.78 Å². The molecule has 36 heavy (non-hydrogen) atoms. The maximum Gasteiger partial charge on any atom is 0.410 e. The Balaban J connectivity index is 1.18. The Morgan fingerprint density at radius 3 is 2.44 bits per heavy atom. The topological polar surface area (TPSA) is 75.5 Å². The zero-order valence-corrected chi connectivity index (χ0v) is 22.0. The molecule has 1 N–H and O–H groups in total. The highest BCUT2D eigenvalue weighted by atomic mass is 16.6. The van der Waals surface area contributed by atoms with Crippen LogP contribution in [-0.2, 0) is 11.3 Å². The van der Waals surface area contributed by atoms with Crippen molar-refractivity contribution < 1.29 is 9.53 Å². The lowest BCUT2D eigenvalue weighted by atomic mass is 10.2. The normalized spacial score (nSPS) is 17.6. The van der Waals surface area contributed by atoms with Crippen molar-refractivity contribution in [2.75, 3.05) is 31.5 Å². The van der Waals surface area contributed by atoms with E-state index >= 15 is 0 Å². The van der Waals surface area contributed by atoms with E-state index in [4.69, 9.17) is 9.72 Å². The van der Waals surface area contributed by atoms with Crippen molar-refractivity contribution in [2.24, 2.45) is 0 Å². The number of hydrogen-bond acceptors (Lipinski definition) is 6. The molecule has 1 aliphatic carbocycles. The number of carbonyl (C=O) groups is 1. The van der Waals surface area contributed by atoms with Gasteiger partial charge in [0.25, 0.3) is 0 Å². The molecule has 2 aliphatic rings. The Hall–Kier alpha value is -3.13. The summed E-state index contributed by atoms with van der Waals surface area (Å²) in [6, 6.07) is 9.01. The number of piperazine rings is 1. The van der Waals surface area contributed by atoms with Crippen LogP contribution in [0.5, 0.6) is 0 Å². The summed E-state index contributed by atoms with van der Waals surface area (Å²) in [5.41, 5.74) is 4.02. The largest absolute Gasteiger partial charge is 0.444 e. The van der Waals surface area contributed by atoms with Crippen LogP contribution >= 0.6 is 0 Å². The van der Waals surface area contributed by atoms with Crippen LogP contribution in [0.25, 0.3) is 11.0 Å². The van der Waals surface area contributed by atoms with Crippen molar-refractivity contribution in [3.05, 3.63) is 47.8 Å². The Morgan fingerprint density at radius 1 is 1.08 bits per heavy atom. The molecule has 0 atom stereocenters. The molecule has 2 aromatic heterocycles. The summed E-state index contributed by atoms with van der Waals surface area (Å²) in [5.74, 6) is 0.630. The number of rotatable bonds is 5. The maximum atomic E-state index is 12.3. The SMILES string of the molecule is Cc1cn(C2CCCC2)c2nc(Nc3ccc(CN4CCN(C(=O)OC(C)(C)C)CC4)cc3)ncc12. The summed E-state index contributed by atoms with van der Waals surface area (Å²) >= 11 is 0. The molecule has 0 radical (unpaired) electrons. The Kier molecular flexibility index (Phi) is 6.88. The number of ether oxygens (including phenoxy) is 1. The number of hydrogen-bond donors (Lipinski definition) is 1. The average molecular weight is 491 g/mol. The number of nitrogens with one attached hydrogen (secondary N) is 1. The number of amides is 1. The monoisotopic (exact) mass is 490 g/mol. The fourth-order valence-corrected chi connectivity index (χ4v) is 5.20. The van der Waals surface area contributed by atoms with Crippen molar-refractivity contribution in [3.8, 4) is 0 Å². The lowest BCUT2D eigenvalue weighted by molar-refractivity contribution is 0.0139. The van der Waals surface area contributed by atoms with Crippen LogP contribution < -0.4 is 5.32 Å². The van der Waals surface area contributed by atoms with Gasteiger partial charge < -0.3 is 19.5 Å². The first-order valence-corrected chi connectivity index (χ1v) is 13.2. The molecule has 192 valence electrons. The van der Waals surface area contributed by atoms with Crippen LogP contribution in [0, 0.1) is 6.92 Å². The molecule has 2 fully saturated rings. The third-order valence-corrected chi connectivity index (χ3v) is 7.13. The van der Waals surface area contributed by atoms with E-state index in [9.17, 15) is 4.79 Å². The van der Waals surface area contributed by atoms with Crippen molar-refractivity contribution >= 4 is 28.8 Å². The summed E-state index contributed by atoms with van der Waals surface area (Å²) in [6.07, 6.45) is 9.01. The fraction of sp³-hybridized carbons (Fsp3) is 0.536. The number of nitrogens with zero attached hydrogens (tertiary/aromatic N) is 5. The zero-order valence-electron chi connectivity index (χ0n) is 22.0. The van der Waals surface area contributed by atoms with Crippen molar-refractivity contribution in [1.29, 1.82) is 0 Å². The minimum absolute atomic E-state index is 0.219. The average Bonchev–Trinajstić information content (AvgIpc) is 3.48. The number of carbonyl (C=O) groups excluding carboxylic acids is 1. The highest BCUT2D eigenvalue weighted by molar-refractivity contribution is 5.81. The first-order chi connectivity index (χ1) is 17.2. The van der Waals surface area contributed by atoms with E-state index < -0.39 is 5.60 Å². The van der Waals surface area contributed by atoms with Crippen molar-refractivity contribution in [3.63, 3.8) is 0 Å². The van der Waals surface area contributed by atoms with E-state index in [0.29, 0.717) is 25.1 Å². The second kappa shape index (κ2) is 10.1. The van der Waals surface area contributed by atoms with Gasteiger partial charge >= 0.3 is 6.09 Å². The quantitative estimate of drug-likeness (QED) is 0.498. The van der Waals surface area contributed by atoms with Gasteiger partial charge in [-0.2, -0.15) is 4.98 Å². The van der Waals surface area contributed by atoms with Gasteiger partial charge in [-0.05, 0) is 63.8 Å². The predicted molar refractivity (Wildman–Crippen MR) is 143 cm³/mol. The smallest absolute Gasteiger partial charge is 0.410 e. The second-order valence-corrected chi connectivity index (χ2v) is 11.2. The number of benzene rings is 1. The van der Waals surface area contributed by atoms with Gasteiger partial charge in [-0.1, -0.05) is 25.0 Å². The Morgan fingerprint density at radius 2 is 1.78 bits per heavy atom. The molecule has 0 bridgehead atoms. The molecule has 1 aliphatic heterocycles.